The van der Waals surface area contributed by atoms with Crippen molar-refractivity contribution in [2.45, 2.75) is 52.2 Å². The van der Waals surface area contributed by atoms with E-state index >= 15 is 0 Å². The number of rotatable bonds is 3. The first-order chi connectivity index (χ1) is 15.2. The van der Waals surface area contributed by atoms with E-state index in [4.69, 9.17) is 14.2 Å². The van der Waals surface area contributed by atoms with Crippen LogP contribution in [0.3, 0.4) is 0 Å². The maximum absolute atomic E-state index is 12.8. The van der Waals surface area contributed by atoms with E-state index in [0.717, 1.165) is 0 Å². The highest BCUT2D eigenvalue weighted by atomic mass is 16.6. The van der Waals surface area contributed by atoms with E-state index in [1.807, 2.05) is 27.7 Å². The average Bonchev–Trinajstić information content (AvgIpc) is 2.74. The van der Waals surface area contributed by atoms with Crippen LogP contribution in [0.4, 0.5) is 10.6 Å². The Morgan fingerprint density at radius 3 is 2.62 bits per heavy atom. The highest BCUT2D eigenvalue weighted by Crippen LogP contribution is 2.41. The van der Waals surface area contributed by atoms with Crippen molar-refractivity contribution in [3.05, 3.63) is 30.4 Å². The van der Waals surface area contributed by atoms with Gasteiger partial charge in [-0.25, -0.2) is 9.78 Å². The van der Waals surface area contributed by atoms with Gasteiger partial charge in [0, 0.05) is 25.3 Å². The number of carbonyl (C=O) groups excluding carboxylic acids is 2. The molecule has 1 saturated heterocycles. The van der Waals surface area contributed by atoms with Crippen LogP contribution in [0.25, 0.3) is 0 Å². The van der Waals surface area contributed by atoms with Crippen molar-refractivity contribution in [3.63, 3.8) is 0 Å². The molecule has 170 valence electrons. The molecule has 2 amide bonds. The molecule has 1 fully saturated rings. The lowest BCUT2D eigenvalue weighted by molar-refractivity contribution is -0.122. The molecule has 4 rings (SSSR count). The van der Waals surface area contributed by atoms with Crippen molar-refractivity contribution >= 4 is 17.8 Å². The maximum Gasteiger partial charge on any atom is 0.410 e. The van der Waals surface area contributed by atoms with Crippen LogP contribution in [-0.2, 0) is 9.53 Å². The van der Waals surface area contributed by atoms with E-state index in [0.29, 0.717) is 48.9 Å². The first kappa shape index (κ1) is 21.8. The van der Waals surface area contributed by atoms with E-state index in [1.54, 1.807) is 28.1 Å². The third kappa shape index (κ3) is 4.58. The number of piperidine rings is 1. The zero-order chi connectivity index (χ0) is 22.9. The van der Waals surface area contributed by atoms with Crippen LogP contribution >= 0.6 is 0 Å². The summed E-state index contributed by atoms with van der Waals surface area (Å²) in [6.45, 7) is 8.20. The van der Waals surface area contributed by atoms with Gasteiger partial charge in [-0.1, -0.05) is 0 Å². The van der Waals surface area contributed by atoms with Crippen LogP contribution in [0.15, 0.2) is 24.7 Å². The molecule has 10 heteroatoms. The van der Waals surface area contributed by atoms with Crippen molar-refractivity contribution in [3.8, 4) is 17.4 Å². The van der Waals surface area contributed by atoms with Crippen LogP contribution in [-0.4, -0.2) is 63.2 Å². The topological polar surface area (TPSA) is 107 Å². The van der Waals surface area contributed by atoms with Crippen molar-refractivity contribution in [2.24, 2.45) is 0 Å². The van der Waals surface area contributed by atoms with Crippen LogP contribution in [0.5, 0.6) is 17.4 Å². The predicted octanol–water partition coefficient (Wildman–Crippen LogP) is 3.10. The molecule has 10 nitrogen and oxygen atoms in total. The fraction of sp³-hybridized carbons (Fsp3) is 0.500. The largest absolute Gasteiger partial charge is 0.475 e. The highest BCUT2D eigenvalue weighted by Gasteiger charge is 2.38. The Morgan fingerprint density at radius 1 is 1.19 bits per heavy atom. The van der Waals surface area contributed by atoms with Crippen molar-refractivity contribution in [1.29, 1.82) is 0 Å². The van der Waals surface area contributed by atoms with Crippen LogP contribution in [0.1, 0.15) is 39.3 Å². The number of likely N-dealkylation sites (tertiary alicyclic amines) is 1. The molecule has 2 aromatic rings. The second-order valence-electron chi connectivity index (χ2n) is 8.77. The van der Waals surface area contributed by atoms with E-state index < -0.39 is 5.60 Å². The predicted molar refractivity (Wildman–Crippen MR) is 115 cm³/mol. The Hall–Kier alpha value is -3.43. The number of pyridine rings is 1. The number of amides is 2. The standard InChI is InChI=1S/C22H27N5O5/c1-14-16(6-5-9-23-14)31-20-18-19(24-13-25-20)27(17(28)12-30-18)15-7-10-26(11-8-15)21(29)32-22(2,3)4/h5-6,9,13,15H,7-8,10-12H2,1-4H3. The zero-order valence-corrected chi connectivity index (χ0v) is 18.7. The molecule has 2 aromatic heterocycles. The molecule has 0 spiro atoms. The van der Waals surface area contributed by atoms with Gasteiger partial charge in [-0.15, -0.1) is 0 Å². The molecule has 0 unspecified atom stereocenters. The molecular weight excluding hydrogens is 414 g/mol. The summed E-state index contributed by atoms with van der Waals surface area (Å²) in [5.41, 5.74) is 0.158. The van der Waals surface area contributed by atoms with Gasteiger partial charge in [0.2, 0.25) is 5.75 Å². The van der Waals surface area contributed by atoms with Crippen molar-refractivity contribution in [2.75, 3.05) is 24.6 Å². The van der Waals surface area contributed by atoms with Gasteiger partial charge in [-0.2, -0.15) is 4.98 Å². The SMILES string of the molecule is Cc1ncccc1Oc1ncnc2c1OCC(=O)N2C1CCN(C(=O)OC(C)(C)C)CC1. The first-order valence-electron chi connectivity index (χ1n) is 10.6. The summed E-state index contributed by atoms with van der Waals surface area (Å²) in [5.74, 6) is 1.30. The molecule has 0 atom stereocenters. The quantitative estimate of drug-likeness (QED) is 0.715. The summed E-state index contributed by atoms with van der Waals surface area (Å²) in [6, 6.07) is 3.44. The summed E-state index contributed by atoms with van der Waals surface area (Å²) in [5, 5.41) is 0. The normalized spacial score (nSPS) is 16.9. The summed E-state index contributed by atoms with van der Waals surface area (Å²) in [6.07, 6.45) is 3.90. The van der Waals surface area contributed by atoms with Crippen LogP contribution in [0, 0.1) is 6.92 Å². The Labute approximate surface area is 186 Å². The number of carbonyl (C=O) groups is 2. The molecule has 2 aliphatic rings. The lowest BCUT2D eigenvalue weighted by atomic mass is 10.0. The molecule has 2 aliphatic heterocycles. The molecule has 0 radical (unpaired) electrons. The highest BCUT2D eigenvalue weighted by molar-refractivity contribution is 5.97. The minimum atomic E-state index is -0.549. The molecular formula is C22H27N5O5. The summed E-state index contributed by atoms with van der Waals surface area (Å²) in [4.78, 5) is 41.2. The number of nitrogens with zero attached hydrogens (tertiary/aromatic N) is 5. The Balaban J connectivity index is 1.52. The third-order valence-corrected chi connectivity index (χ3v) is 5.24. The monoisotopic (exact) mass is 441 g/mol. The second kappa shape index (κ2) is 8.60. The van der Waals surface area contributed by atoms with E-state index in [9.17, 15) is 9.59 Å². The van der Waals surface area contributed by atoms with Crippen molar-refractivity contribution in [1.82, 2.24) is 19.9 Å². The molecule has 0 saturated carbocycles. The Kier molecular flexibility index (Phi) is 5.86. The van der Waals surface area contributed by atoms with Crippen molar-refractivity contribution < 1.29 is 23.8 Å². The van der Waals surface area contributed by atoms with Gasteiger partial charge in [-0.05, 0) is 52.7 Å². The van der Waals surface area contributed by atoms with Gasteiger partial charge in [0.1, 0.15) is 11.9 Å². The number of aryl methyl sites for hydroxylation is 1. The third-order valence-electron chi connectivity index (χ3n) is 5.24. The number of anilines is 1. The van der Waals surface area contributed by atoms with E-state index in [1.165, 1.54) is 6.33 Å². The second-order valence-corrected chi connectivity index (χ2v) is 8.77. The van der Waals surface area contributed by atoms with Gasteiger partial charge in [0.25, 0.3) is 11.8 Å². The molecule has 0 aliphatic carbocycles. The minimum Gasteiger partial charge on any atom is -0.475 e. The van der Waals surface area contributed by atoms with Crippen LogP contribution in [0.2, 0.25) is 0 Å². The lowest BCUT2D eigenvalue weighted by Gasteiger charge is -2.40. The smallest absolute Gasteiger partial charge is 0.410 e. The van der Waals surface area contributed by atoms with Gasteiger partial charge in [-0.3, -0.25) is 14.7 Å². The number of hydrogen-bond acceptors (Lipinski definition) is 8. The number of fused-ring (bicyclic) bond motifs is 1. The average molecular weight is 441 g/mol. The number of hydrogen-bond donors (Lipinski definition) is 0. The molecule has 4 heterocycles. The molecule has 0 aromatic carbocycles. The van der Waals surface area contributed by atoms with E-state index in [-0.39, 0.29) is 30.5 Å². The van der Waals surface area contributed by atoms with Gasteiger partial charge >= 0.3 is 6.09 Å². The van der Waals surface area contributed by atoms with Gasteiger partial charge in [0.05, 0.1) is 5.69 Å². The molecule has 0 bridgehead atoms. The van der Waals surface area contributed by atoms with Gasteiger partial charge in [0.15, 0.2) is 18.2 Å². The fourth-order valence-corrected chi connectivity index (χ4v) is 3.73. The molecule has 32 heavy (non-hydrogen) atoms. The molecule has 0 N–H and O–H groups in total. The van der Waals surface area contributed by atoms with Gasteiger partial charge < -0.3 is 19.1 Å². The Bertz CT molecular complexity index is 1010. The lowest BCUT2D eigenvalue weighted by Crippen LogP contribution is -2.52. The summed E-state index contributed by atoms with van der Waals surface area (Å²) >= 11 is 0. The number of ether oxygens (including phenoxy) is 3. The van der Waals surface area contributed by atoms with E-state index in [2.05, 4.69) is 15.0 Å². The summed E-state index contributed by atoms with van der Waals surface area (Å²) in [7, 11) is 0. The fourth-order valence-electron chi connectivity index (χ4n) is 3.73. The maximum atomic E-state index is 12.8. The first-order valence-corrected chi connectivity index (χ1v) is 10.6. The minimum absolute atomic E-state index is 0.119. The Morgan fingerprint density at radius 2 is 1.94 bits per heavy atom. The zero-order valence-electron chi connectivity index (χ0n) is 18.7. The summed E-state index contributed by atoms with van der Waals surface area (Å²) < 4.78 is 17.1. The number of aromatic nitrogens is 3. The van der Waals surface area contributed by atoms with Crippen LogP contribution < -0.4 is 14.4 Å².